The fraction of sp³-hybridized carbons (Fsp3) is 0.294. The molecule has 1 atom stereocenters. The summed E-state index contributed by atoms with van der Waals surface area (Å²) in [6.45, 7) is 6.41. The smallest absolute Gasteiger partial charge is 0.0465 e. The van der Waals surface area contributed by atoms with E-state index in [4.69, 9.17) is 17.3 Å². The lowest BCUT2D eigenvalue weighted by molar-refractivity contribution is 0.715. The van der Waals surface area contributed by atoms with Crippen LogP contribution in [0.1, 0.15) is 33.9 Å². The molecule has 106 valence electrons. The highest BCUT2D eigenvalue weighted by atomic mass is 79.9. The molecule has 0 bridgehead atoms. The van der Waals surface area contributed by atoms with Crippen molar-refractivity contribution in [3.8, 4) is 0 Å². The molecule has 2 aromatic carbocycles. The molecule has 0 aliphatic heterocycles. The van der Waals surface area contributed by atoms with Crippen molar-refractivity contribution >= 4 is 27.5 Å². The Bertz CT molecular complexity index is 614. The Balaban J connectivity index is 2.30. The molecule has 0 radical (unpaired) electrons. The fourth-order valence-electron chi connectivity index (χ4n) is 2.66. The minimum Gasteiger partial charge on any atom is -0.324 e. The van der Waals surface area contributed by atoms with E-state index in [1.54, 1.807) is 0 Å². The summed E-state index contributed by atoms with van der Waals surface area (Å²) >= 11 is 9.70. The molecule has 0 heterocycles. The van der Waals surface area contributed by atoms with Crippen LogP contribution in [0.2, 0.25) is 5.02 Å². The van der Waals surface area contributed by atoms with Gasteiger partial charge in [-0.2, -0.15) is 0 Å². The van der Waals surface area contributed by atoms with Crippen molar-refractivity contribution in [1.29, 1.82) is 0 Å². The highest BCUT2D eigenvalue weighted by Crippen LogP contribution is 2.29. The van der Waals surface area contributed by atoms with Crippen molar-refractivity contribution < 1.29 is 0 Å². The van der Waals surface area contributed by atoms with Gasteiger partial charge in [-0.15, -0.1) is 0 Å². The lowest BCUT2D eigenvalue weighted by Gasteiger charge is -2.18. The van der Waals surface area contributed by atoms with Gasteiger partial charge in [0.15, 0.2) is 0 Å². The van der Waals surface area contributed by atoms with Crippen LogP contribution >= 0.6 is 27.5 Å². The quantitative estimate of drug-likeness (QED) is 0.800. The molecular weight excluding hydrogens is 334 g/mol. The highest BCUT2D eigenvalue weighted by Gasteiger charge is 2.14. The number of nitrogens with two attached hydrogens (primary N) is 1. The average molecular weight is 353 g/mol. The van der Waals surface area contributed by atoms with Gasteiger partial charge in [-0.05, 0) is 61.6 Å². The van der Waals surface area contributed by atoms with Crippen LogP contribution in [0.15, 0.2) is 34.8 Å². The summed E-state index contributed by atoms with van der Waals surface area (Å²) in [4.78, 5) is 0. The summed E-state index contributed by atoms with van der Waals surface area (Å²) in [5, 5.41) is 0.717. The van der Waals surface area contributed by atoms with Crippen molar-refractivity contribution in [1.82, 2.24) is 0 Å². The molecule has 3 heteroatoms. The number of hydrogen-bond acceptors (Lipinski definition) is 1. The van der Waals surface area contributed by atoms with E-state index in [1.165, 1.54) is 22.3 Å². The summed E-state index contributed by atoms with van der Waals surface area (Å²) in [5.74, 6) is 0. The van der Waals surface area contributed by atoms with E-state index in [0.29, 0.717) is 5.02 Å². The third-order valence-electron chi connectivity index (χ3n) is 3.63. The number of benzene rings is 2. The molecule has 0 saturated carbocycles. The largest absolute Gasteiger partial charge is 0.324 e. The predicted molar refractivity (Wildman–Crippen MR) is 90.4 cm³/mol. The molecule has 2 aromatic rings. The van der Waals surface area contributed by atoms with Crippen molar-refractivity contribution in [2.24, 2.45) is 5.73 Å². The molecule has 20 heavy (non-hydrogen) atoms. The van der Waals surface area contributed by atoms with Crippen molar-refractivity contribution in [3.05, 3.63) is 67.6 Å². The van der Waals surface area contributed by atoms with Crippen LogP contribution in [0.25, 0.3) is 0 Å². The van der Waals surface area contributed by atoms with Gasteiger partial charge in [-0.3, -0.25) is 0 Å². The van der Waals surface area contributed by atoms with Crippen LogP contribution in [0.3, 0.4) is 0 Å². The highest BCUT2D eigenvalue weighted by molar-refractivity contribution is 9.10. The molecule has 1 nitrogen and oxygen atoms in total. The molecule has 0 amide bonds. The van der Waals surface area contributed by atoms with Crippen LogP contribution in [-0.2, 0) is 6.42 Å². The first-order chi connectivity index (χ1) is 9.38. The second kappa shape index (κ2) is 6.30. The molecule has 0 aliphatic rings. The van der Waals surface area contributed by atoms with E-state index >= 15 is 0 Å². The standard InChI is InChI=1S/C17H19BrClN/c1-10-6-11(2)15(12(3)7-10)9-17(20)14-5-4-13(18)8-16(14)19/h4-8,17H,9,20H2,1-3H3. The van der Waals surface area contributed by atoms with E-state index in [2.05, 4.69) is 48.8 Å². The summed E-state index contributed by atoms with van der Waals surface area (Å²) in [6, 6.07) is 10.2. The first-order valence-electron chi connectivity index (χ1n) is 6.65. The van der Waals surface area contributed by atoms with Crippen molar-refractivity contribution in [2.75, 3.05) is 0 Å². The third kappa shape index (κ3) is 3.43. The Morgan fingerprint density at radius 1 is 1.10 bits per heavy atom. The van der Waals surface area contributed by atoms with Crippen LogP contribution in [-0.4, -0.2) is 0 Å². The summed E-state index contributed by atoms with van der Waals surface area (Å²) in [6.07, 6.45) is 0.805. The third-order valence-corrected chi connectivity index (χ3v) is 4.45. The maximum atomic E-state index is 6.35. The number of aryl methyl sites for hydroxylation is 3. The van der Waals surface area contributed by atoms with Crippen molar-refractivity contribution in [3.63, 3.8) is 0 Å². The Morgan fingerprint density at radius 2 is 1.70 bits per heavy atom. The summed E-state index contributed by atoms with van der Waals surface area (Å²) in [7, 11) is 0. The zero-order chi connectivity index (χ0) is 14.9. The van der Waals surface area contributed by atoms with Gasteiger partial charge < -0.3 is 5.73 Å². The normalized spacial score (nSPS) is 12.5. The first kappa shape index (κ1) is 15.6. The Hall–Kier alpha value is -0.830. The minimum absolute atomic E-state index is 0.0873. The van der Waals surface area contributed by atoms with Gasteiger partial charge >= 0.3 is 0 Å². The van der Waals surface area contributed by atoms with Gasteiger partial charge in [0.25, 0.3) is 0 Å². The average Bonchev–Trinajstić information content (AvgIpc) is 2.33. The van der Waals surface area contributed by atoms with Gasteiger partial charge in [0, 0.05) is 15.5 Å². The van der Waals surface area contributed by atoms with Gasteiger partial charge in [-0.25, -0.2) is 0 Å². The lowest BCUT2D eigenvalue weighted by atomic mass is 9.92. The van der Waals surface area contributed by atoms with Crippen molar-refractivity contribution in [2.45, 2.75) is 33.2 Å². The monoisotopic (exact) mass is 351 g/mol. The topological polar surface area (TPSA) is 26.0 Å². The van der Waals surface area contributed by atoms with Gasteiger partial charge in [0.1, 0.15) is 0 Å². The Labute approximate surface area is 134 Å². The van der Waals surface area contributed by atoms with Gasteiger partial charge in [0.05, 0.1) is 0 Å². The first-order valence-corrected chi connectivity index (χ1v) is 7.83. The number of halogens is 2. The van der Waals surface area contributed by atoms with E-state index in [1.807, 2.05) is 18.2 Å². The summed E-state index contributed by atoms with van der Waals surface area (Å²) < 4.78 is 0.973. The molecular formula is C17H19BrClN. The molecule has 0 fully saturated rings. The molecule has 0 aromatic heterocycles. The molecule has 2 rings (SSSR count). The van der Waals surface area contributed by atoms with Gasteiger partial charge in [-0.1, -0.05) is 51.3 Å². The zero-order valence-corrected chi connectivity index (χ0v) is 14.3. The molecule has 0 spiro atoms. The van der Waals surface area contributed by atoms with Crippen LogP contribution in [0.5, 0.6) is 0 Å². The maximum Gasteiger partial charge on any atom is 0.0465 e. The minimum atomic E-state index is -0.0873. The van der Waals surface area contributed by atoms with Crippen LogP contribution < -0.4 is 5.73 Å². The molecule has 1 unspecified atom stereocenters. The molecule has 2 N–H and O–H groups in total. The zero-order valence-electron chi connectivity index (χ0n) is 12.0. The maximum absolute atomic E-state index is 6.35. The van der Waals surface area contributed by atoms with E-state index < -0.39 is 0 Å². The van der Waals surface area contributed by atoms with Crippen LogP contribution in [0, 0.1) is 20.8 Å². The Morgan fingerprint density at radius 3 is 2.25 bits per heavy atom. The summed E-state index contributed by atoms with van der Waals surface area (Å²) in [5.41, 5.74) is 12.6. The van der Waals surface area contributed by atoms with E-state index in [0.717, 1.165) is 16.5 Å². The lowest BCUT2D eigenvalue weighted by Crippen LogP contribution is -2.15. The SMILES string of the molecule is Cc1cc(C)c(CC(N)c2ccc(Br)cc2Cl)c(C)c1. The van der Waals surface area contributed by atoms with E-state index in [-0.39, 0.29) is 6.04 Å². The predicted octanol–water partition coefficient (Wildman–Crippen LogP) is 5.27. The second-order valence-corrected chi connectivity index (χ2v) is 6.68. The van der Waals surface area contributed by atoms with Gasteiger partial charge in [0.2, 0.25) is 0 Å². The fourth-order valence-corrected chi connectivity index (χ4v) is 3.48. The number of hydrogen-bond donors (Lipinski definition) is 1. The van der Waals surface area contributed by atoms with Crippen LogP contribution in [0.4, 0.5) is 0 Å². The number of rotatable bonds is 3. The second-order valence-electron chi connectivity index (χ2n) is 5.35. The molecule has 0 aliphatic carbocycles. The Kier molecular flexibility index (Phi) is 4.90. The van der Waals surface area contributed by atoms with E-state index in [9.17, 15) is 0 Å². The molecule has 0 saturated heterocycles.